The molecule has 0 aromatic heterocycles. The lowest BCUT2D eigenvalue weighted by atomic mass is 9.82. The molecule has 6 heteroatoms. The molecule has 2 rings (SSSR count). The van der Waals surface area contributed by atoms with E-state index in [1.165, 1.54) is 4.90 Å². The smallest absolute Gasteiger partial charge is 0.330 e. The topological polar surface area (TPSA) is 75.7 Å². The lowest BCUT2D eigenvalue weighted by Gasteiger charge is -2.36. The zero-order chi connectivity index (χ0) is 13.9. The van der Waals surface area contributed by atoms with E-state index in [-0.39, 0.29) is 5.91 Å². The predicted molar refractivity (Wildman–Crippen MR) is 67.3 cm³/mol. The molecule has 6 nitrogen and oxygen atoms in total. The van der Waals surface area contributed by atoms with Crippen molar-refractivity contribution in [1.29, 1.82) is 0 Å². The summed E-state index contributed by atoms with van der Waals surface area (Å²) in [5, 5.41) is 2.32. The molecule has 1 saturated heterocycles. The maximum absolute atomic E-state index is 12.4. The van der Waals surface area contributed by atoms with E-state index in [9.17, 15) is 14.4 Å². The fourth-order valence-electron chi connectivity index (χ4n) is 2.82. The summed E-state index contributed by atoms with van der Waals surface area (Å²) in [5.74, 6) is -0.740. The third-order valence-electron chi connectivity index (χ3n) is 3.89. The zero-order valence-corrected chi connectivity index (χ0v) is 11.2. The fourth-order valence-corrected chi connectivity index (χ4v) is 2.82. The van der Waals surface area contributed by atoms with Crippen molar-refractivity contribution in [3.05, 3.63) is 0 Å². The number of nitrogens with zero attached hydrogens (tertiary/aromatic N) is 1. The molecule has 1 N–H and O–H groups in total. The molecule has 1 heterocycles. The first-order valence-electron chi connectivity index (χ1n) is 6.87. The third kappa shape index (κ3) is 2.49. The maximum Gasteiger partial charge on any atom is 0.330 e. The third-order valence-corrected chi connectivity index (χ3v) is 3.89. The molecule has 0 aromatic carbocycles. The van der Waals surface area contributed by atoms with E-state index < -0.39 is 17.4 Å². The number of carbonyl (C=O) groups is 3. The van der Waals surface area contributed by atoms with Crippen molar-refractivity contribution in [1.82, 2.24) is 10.2 Å². The number of hydrogen-bond acceptors (Lipinski definition) is 4. The molecule has 106 valence electrons. The summed E-state index contributed by atoms with van der Waals surface area (Å²) in [7, 11) is 0. The van der Waals surface area contributed by atoms with Crippen molar-refractivity contribution < 1.29 is 19.1 Å². The highest BCUT2D eigenvalue weighted by molar-refractivity contribution is 6.19. The average molecular weight is 268 g/mol. The van der Waals surface area contributed by atoms with Crippen molar-refractivity contribution in [2.45, 2.75) is 39.0 Å². The van der Waals surface area contributed by atoms with Crippen LogP contribution < -0.4 is 5.32 Å². The molecule has 19 heavy (non-hydrogen) atoms. The molecule has 1 aliphatic heterocycles. The Hall–Kier alpha value is -1.43. The van der Waals surface area contributed by atoms with Crippen molar-refractivity contribution in [3.8, 4) is 0 Å². The van der Waals surface area contributed by atoms with E-state index in [2.05, 4.69) is 5.32 Å². The van der Waals surface area contributed by atoms with Gasteiger partial charge >= 0.3 is 6.03 Å². The van der Waals surface area contributed by atoms with Gasteiger partial charge < -0.3 is 4.74 Å². The number of ether oxygens (including phenoxy) is 1. The second kappa shape index (κ2) is 5.69. The molecule has 0 unspecified atom stereocenters. The second-order valence-corrected chi connectivity index (χ2v) is 5.06. The van der Waals surface area contributed by atoms with Gasteiger partial charge in [-0.2, -0.15) is 0 Å². The van der Waals surface area contributed by atoms with Gasteiger partial charge in [-0.1, -0.05) is 12.8 Å². The van der Waals surface area contributed by atoms with Crippen LogP contribution in [0.25, 0.3) is 0 Å². The largest absolute Gasteiger partial charge is 0.382 e. The summed E-state index contributed by atoms with van der Waals surface area (Å²) in [4.78, 5) is 37.3. The summed E-state index contributed by atoms with van der Waals surface area (Å²) in [6.07, 6.45) is 3.41. The van der Waals surface area contributed by atoms with Crippen LogP contribution in [-0.4, -0.2) is 42.5 Å². The number of rotatable bonds is 5. The van der Waals surface area contributed by atoms with Gasteiger partial charge in [0.15, 0.2) is 0 Å². The first-order valence-corrected chi connectivity index (χ1v) is 6.87. The lowest BCUT2D eigenvalue weighted by molar-refractivity contribution is -0.151. The van der Waals surface area contributed by atoms with Gasteiger partial charge in [-0.25, -0.2) is 4.79 Å². The molecule has 0 atom stereocenters. The number of urea groups is 1. The van der Waals surface area contributed by atoms with Crippen LogP contribution >= 0.6 is 0 Å². The quantitative estimate of drug-likeness (QED) is 0.597. The van der Waals surface area contributed by atoms with E-state index in [1.54, 1.807) is 0 Å². The van der Waals surface area contributed by atoms with Gasteiger partial charge in [0.2, 0.25) is 11.8 Å². The maximum atomic E-state index is 12.4. The monoisotopic (exact) mass is 268 g/mol. The Balaban J connectivity index is 2.04. The number of imide groups is 2. The van der Waals surface area contributed by atoms with Crippen molar-refractivity contribution in [2.75, 3.05) is 19.8 Å². The van der Waals surface area contributed by atoms with Crippen molar-refractivity contribution >= 4 is 17.8 Å². The molecule has 1 aliphatic carbocycles. The SMILES string of the molecule is CCOCCCN1C(=O)NC(=O)C2(CCCC2)C1=O. The highest BCUT2D eigenvalue weighted by atomic mass is 16.5. The van der Waals surface area contributed by atoms with E-state index in [1.807, 2.05) is 6.92 Å². The van der Waals surface area contributed by atoms with E-state index in [0.29, 0.717) is 39.0 Å². The molecule has 1 saturated carbocycles. The first kappa shape index (κ1) is 14.0. The molecule has 2 fully saturated rings. The van der Waals surface area contributed by atoms with Crippen LogP contribution in [-0.2, 0) is 14.3 Å². The van der Waals surface area contributed by atoms with Gasteiger partial charge in [0.05, 0.1) is 0 Å². The number of barbiturate groups is 1. The van der Waals surface area contributed by atoms with Crippen molar-refractivity contribution in [3.63, 3.8) is 0 Å². The number of amides is 4. The molecule has 0 aromatic rings. The Labute approximate surface area is 112 Å². The predicted octanol–water partition coefficient (Wildman–Crippen LogP) is 1.05. The van der Waals surface area contributed by atoms with Gasteiger partial charge in [-0.15, -0.1) is 0 Å². The van der Waals surface area contributed by atoms with E-state index in [4.69, 9.17) is 4.74 Å². The molecule has 2 aliphatic rings. The molecule has 0 radical (unpaired) electrons. The second-order valence-electron chi connectivity index (χ2n) is 5.06. The molecular formula is C13H20N2O4. The first-order chi connectivity index (χ1) is 9.12. The number of carbonyl (C=O) groups excluding carboxylic acids is 3. The minimum absolute atomic E-state index is 0.305. The van der Waals surface area contributed by atoms with Gasteiger partial charge in [0.25, 0.3) is 0 Å². The Morgan fingerprint density at radius 1 is 1.26 bits per heavy atom. The van der Waals surface area contributed by atoms with Crippen LogP contribution in [0, 0.1) is 5.41 Å². The Kier molecular flexibility index (Phi) is 4.19. The van der Waals surface area contributed by atoms with Crippen LogP contribution in [0.5, 0.6) is 0 Å². The Morgan fingerprint density at radius 3 is 2.58 bits per heavy atom. The van der Waals surface area contributed by atoms with Crippen LogP contribution in [0.1, 0.15) is 39.0 Å². The van der Waals surface area contributed by atoms with Crippen LogP contribution in [0.2, 0.25) is 0 Å². The van der Waals surface area contributed by atoms with Crippen LogP contribution in [0.4, 0.5) is 4.79 Å². The molecule has 1 spiro atoms. The van der Waals surface area contributed by atoms with Gasteiger partial charge in [0.1, 0.15) is 5.41 Å². The normalized spacial score (nSPS) is 22.2. The number of hydrogen-bond donors (Lipinski definition) is 1. The van der Waals surface area contributed by atoms with Gasteiger partial charge in [0, 0.05) is 19.8 Å². The molecule has 4 amide bonds. The van der Waals surface area contributed by atoms with Crippen molar-refractivity contribution in [2.24, 2.45) is 5.41 Å². The fraction of sp³-hybridized carbons (Fsp3) is 0.769. The summed E-state index contributed by atoms with van der Waals surface area (Å²) in [6, 6.07) is -0.593. The summed E-state index contributed by atoms with van der Waals surface area (Å²) < 4.78 is 5.20. The Bertz CT molecular complexity index is 388. The minimum Gasteiger partial charge on any atom is -0.382 e. The minimum atomic E-state index is -0.987. The van der Waals surface area contributed by atoms with Gasteiger partial charge in [-0.3, -0.25) is 19.8 Å². The number of nitrogens with one attached hydrogen (secondary N) is 1. The van der Waals surface area contributed by atoms with Crippen LogP contribution in [0.15, 0.2) is 0 Å². The summed E-state index contributed by atoms with van der Waals surface area (Å²) >= 11 is 0. The Morgan fingerprint density at radius 2 is 1.95 bits per heavy atom. The lowest BCUT2D eigenvalue weighted by Crippen LogP contribution is -2.63. The molecule has 0 bridgehead atoms. The summed E-state index contributed by atoms with van der Waals surface area (Å²) in [5.41, 5.74) is -0.987. The highest BCUT2D eigenvalue weighted by Crippen LogP contribution is 2.41. The van der Waals surface area contributed by atoms with Crippen LogP contribution in [0.3, 0.4) is 0 Å². The van der Waals surface area contributed by atoms with E-state index >= 15 is 0 Å². The standard InChI is InChI=1S/C13H20N2O4/c1-2-19-9-5-8-15-11(17)13(6-3-4-7-13)10(16)14-12(15)18/h2-9H2,1H3,(H,14,16,18). The van der Waals surface area contributed by atoms with Gasteiger partial charge in [-0.05, 0) is 26.2 Å². The summed E-state index contributed by atoms with van der Waals surface area (Å²) in [6.45, 7) is 3.32. The average Bonchev–Trinajstić information content (AvgIpc) is 2.87. The molecular weight excluding hydrogens is 248 g/mol. The zero-order valence-electron chi connectivity index (χ0n) is 11.2. The highest BCUT2D eigenvalue weighted by Gasteiger charge is 2.54. The van der Waals surface area contributed by atoms with E-state index in [0.717, 1.165) is 12.8 Å².